The Hall–Kier alpha value is -4.51. The second kappa shape index (κ2) is 13.6. The Morgan fingerprint density at radius 1 is 1.16 bits per heavy atom. The van der Waals surface area contributed by atoms with Crippen molar-refractivity contribution >= 4 is 23.4 Å². The number of carbonyl (C=O) groups excluding carboxylic acids is 1. The number of hydrogen-bond donors (Lipinski definition) is 2. The molecule has 0 saturated carbocycles. The molecule has 3 fully saturated rings. The minimum absolute atomic E-state index is 0.133. The van der Waals surface area contributed by atoms with Crippen molar-refractivity contribution in [1.29, 1.82) is 5.26 Å². The second-order valence-electron chi connectivity index (χ2n) is 11.6. The van der Waals surface area contributed by atoms with Crippen LogP contribution in [0.5, 0.6) is 11.6 Å². The predicted molar refractivity (Wildman–Crippen MR) is 167 cm³/mol. The Kier molecular flexibility index (Phi) is 9.25. The molecule has 13 nitrogen and oxygen atoms in total. The number of benzene rings is 1. The van der Waals surface area contributed by atoms with E-state index in [1.54, 1.807) is 36.4 Å². The van der Waals surface area contributed by atoms with Crippen LogP contribution >= 0.6 is 0 Å². The maximum Gasteiger partial charge on any atom is 0.251 e. The normalized spacial score (nSPS) is 19.5. The lowest BCUT2D eigenvalue weighted by atomic mass is 10.1. The molecule has 3 aliphatic heterocycles. The fraction of sp³-hybridized carbons (Fsp3) is 0.469. The molecular formula is C32H38N8O5. The summed E-state index contributed by atoms with van der Waals surface area (Å²) in [7, 11) is 1.62. The van der Waals surface area contributed by atoms with E-state index in [4.69, 9.17) is 14.2 Å². The number of nitrogens with one attached hydrogen (secondary N) is 1. The summed E-state index contributed by atoms with van der Waals surface area (Å²) in [5, 5.41) is 22.6. The largest absolute Gasteiger partial charge is 0.492 e. The average molecular weight is 615 g/mol. The molecule has 45 heavy (non-hydrogen) atoms. The molecule has 0 aliphatic carbocycles. The minimum Gasteiger partial charge on any atom is -0.492 e. The smallest absolute Gasteiger partial charge is 0.251 e. The standard InChI is InChI=1S/C32H38N8O5/c1-21(41)31(42)40-10-8-22(17-40)18-45-28-5-3-23(15-24(28)16-33)26-7-9-34-32(35-26)37-29-6-4-27(30(36-29)43-2)39-13-11-38(12-14-39)25-19-44-20-25/h3-7,9,15,21-22,25,41H,8,10-14,17-20H2,1-2H3,(H,34,35,36,37)/t21-,22?/m0/s1. The summed E-state index contributed by atoms with van der Waals surface area (Å²) >= 11 is 0. The van der Waals surface area contributed by atoms with Gasteiger partial charge in [-0.25, -0.2) is 9.97 Å². The van der Waals surface area contributed by atoms with E-state index in [1.807, 2.05) is 18.2 Å². The van der Waals surface area contributed by atoms with Crippen LogP contribution in [0.25, 0.3) is 11.3 Å². The highest BCUT2D eigenvalue weighted by molar-refractivity contribution is 5.80. The Bertz CT molecular complexity index is 1550. The first kappa shape index (κ1) is 30.5. The van der Waals surface area contributed by atoms with Crippen LogP contribution in [0.4, 0.5) is 17.5 Å². The van der Waals surface area contributed by atoms with Gasteiger partial charge in [0, 0.05) is 56.9 Å². The molecular weight excluding hydrogens is 576 g/mol. The maximum absolute atomic E-state index is 12.1. The molecule has 1 amide bonds. The van der Waals surface area contributed by atoms with E-state index in [1.165, 1.54) is 6.92 Å². The summed E-state index contributed by atoms with van der Waals surface area (Å²) in [4.78, 5) is 32.2. The number of methoxy groups -OCH3 is 1. The van der Waals surface area contributed by atoms with Crippen molar-refractivity contribution < 1.29 is 24.1 Å². The predicted octanol–water partition coefficient (Wildman–Crippen LogP) is 2.29. The second-order valence-corrected chi connectivity index (χ2v) is 11.6. The van der Waals surface area contributed by atoms with Crippen LogP contribution in [0.3, 0.4) is 0 Å². The van der Waals surface area contributed by atoms with Gasteiger partial charge in [0.05, 0.1) is 44.2 Å². The third kappa shape index (κ3) is 6.93. The fourth-order valence-electron chi connectivity index (χ4n) is 5.89. The molecule has 0 radical (unpaired) electrons. The van der Waals surface area contributed by atoms with E-state index in [0.717, 1.165) is 57.1 Å². The van der Waals surface area contributed by atoms with Gasteiger partial charge in [-0.3, -0.25) is 9.69 Å². The molecule has 1 aromatic carbocycles. The molecule has 3 saturated heterocycles. The Labute approximate surface area is 262 Å². The first-order valence-electron chi connectivity index (χ1n) is 15.3. The minimum atomic E-state index is -1.01. The zero-order chi connectivity index (χ0) is 31.3. The average Bonchev–Trinajstić information content (AvgIpc) is 3.52. The van der Waals surface area contributed by atoms with Crippen molar-refractivity contribution in [1.82, 2.24) is 24.8 Å². The third-order valence-electron chi connectivity index (χ3n) is 8.55. The third-order valence-corrected chi connectivity index (χ3v) is 8.55. The van der Waals surface area contributed by atoms with Crippen molar-refractivity contribution in [2.45, 2.75) is 25.5 Å². The van der Waals surface area contributed by atoms with Gasteiger partial charge in [0.15, 0.2) is 0 Å². The molecule has 2 atom stereocenters. The molecule has 0 spiro atoms. The monoisotopic (exact) mass is 614 g/mol. The van der Waals surface area contributed by atoms with Gasteiger partial charge in [0.1, 0.15) is 29.4 Å². The van der Waals surface area contributed by atoms with Gasteiger partial charge in [0.2, 0.25) is 11.8 Å². The van der Waals surface area contributed by atoms with E-state index >= 15 is 0 Å². The summed E-state index contributed by atoms with van der Waals surface area (Å²) in [6.07, 6.45) is 1.43. The van der Waals surface area contributed by atoms with Crippen molar-refractivity contribution in [3.63, 3.8) is 0 Å². The first-order chi connectivity index (χ1) is 21.9. The van der Waals surface area contributed by atoms with Crippen LogP contribution in [-0.2, 0) is 9.53 Å². The number of carbonyl (C=O) groups is 1. The van der Waals surface area contributed by atoms with Crippen LogP contribution in [0, 0.1) is 17.2 Å². The number of amides is 1. The topological polar surface area (TPSA) is 149 Å². The quantitative estimate of drug-likeness (QED) is 0.345. The van der Waals surface area contributed by atoms with Crippen LogP contribution in [0.15, 0.2) is 42.6 Å². The van der Waals surface area contributed by atoms with Crippen LogP contribution < -0.4 is 19.7 Å². The van der Waals surface area contributed by atoms with Crippen molar-refractivity contribution in [3.8, 4) is 29.0 Å². The van der Waals surface area contributed by atoms with Gasteiger partial charge in [0.25, 0.3) is 5.91 Å². The van der Waals surface area contributed by atoms with Crippen molar-refractivity contribution in [2.24, 2.45) is 5.92 Å². The molecule has 13 heteroatoms. The fourth-order valence-corrected chi connectivity index (χ4v) is 5.89. The highest BCUT2D eigenvalue weighted by Gasteiger charge is 2.30. The summed E-state index contributed by atoms with van der Waals surface area (Å²) in [6.45, 7) is 8.36. The van der Waals surface area contributed by atoms with Crippen LogP contribution in [0.2, 0.25) is 0 Å². The molecule has 6 rings (SSSR count). The Balaban J connectivity index is 1.09. The number of anilines is 3. The summed E-state index contributed by atoms with van der Waals surface area (Å²) in [5.74, 6) is 1.79. The SMILES string of the molecule is COc1nc(Nc2nccc(-c3ccc(OCC4CCN(C(=O)[C@H](C)O)C4)c(C#N)c3)n2)ccc1N1CCN(C2COC2)CC1. The number of aliphatic hydroxyl groups excluding tert-OH is 1. The van der Waals surface area contributed by atoms with Gasteiger partial charge in [-0.15, -0.1) is 0 Å². The molecule has 3 aliphatic rings. The number of aliphatic hydroxyl groups is 1. The summed E-state index contributed by atoms with van der Waals surface area (Å²) < 4.78 is 17.0. The number of pyridine rings is 1. The van der Waals surface area contributed by atoms with E-state index in [0.29, 0.717) is 60.4 Å². The molecule has 5 heterocycles. The number of aromatic nitrogens is 3. The van der Waals surface area contributed by atoms with Gasteiger partial charge in [-0.2, -0.15) is 10.2 Å². The number of rotatable bonds is 10. The lowest BCUT2D eigenvalue weighted by Crippen LogP contribution is -2.56. The number of hydrogen-bond acceptors (Lipinski definition) is 12. The van der Waals surface area contributed by atoms with Gasteiger partial charge in [-0.05, 0) is 49.7 Å². The van der Waals surface area contributed by atoms with E-state index in [-0.39, 0.29) is 11.8 Å². The Morgan fingerprint density at radius 2 is 1.98 bits per heavy atom. The van der Waals surface area contributed by atoms with E-state index in [2.05, 4.69) is 36.1 Å². The van der Waals surface area contributed by atoms with Crippen LogP contribution in [0.1, 0.15) is 18.9 Å². The highest BCUT2D eigenvalue weighted by atomic mass is 16.5. The molecule has 1 unspecified atom stereocenters. The first-order valence-corrected chi connectivity index (χ1v) is 15.3. The van der Waals surface area contributed by atoms with E-state index in [9.17, 15) is 15.2 Å². The molecule has 236 valence electrons. The molecule has 3 aromatic rings. The number of likely N-dealkylation sites (tertiary alicyclic amines) is 1. The van der Waals surface area contributed by atoms with Crippen LogP contribution in [-0.4, -0.2) is 114 Å². The number of piperazine rings is 1. The van der Waals surface area contributed by atoms with Gasteiger partial charge >= 0.3 is 0 Å². The highest BCUT2D eigenvalue weighted by Crippen LogP contribution is 2.31. The van der Waals surface area contributed by atoms with E-state index < -0.39 is 6.10 Å². The zero-order valence-corrected chi connectivity index (χ0v) is 25.6. The lowest BCUT2D eigenvalue weighted by Gasteiger charge is -2.43. The number of nitrogens with zero attached hydrogens (tertiary/aromatic N) is 7. The lowest BCUT2D eigenvalue weighted by molar-refractivity contribution is -0.138. The number of nitriles is 1. The molecule has 0 bridgehead atoms. The maximum atomic E-state index is 12.1. The zero-order valence-electron chi connectivity index (χ0n) is 25.6. The van der Waals surface area contributed by atoms with Crippen molar-refractivity contribution in [2.75, 3.05) is 76.4 Å². The Morgan fingerprint density at radius 3 is 2.69 bits per heavy atom. The molecule has 2 aromatic heterocycles. The molecule has 2 N–H and O–H groups in total. The number of ether oxygens (including phenoxy) is 3. The van der Waals surface area contributed by atoms with Gasteiger partial charge in [-0.1, -0.05) is 0 Å². The van der Waals surface area contributed by atoms with Crippen molar-refractivity contribution in [3.05, 3.63) is 48.2 Å². The summed E-state index contributed by atoms with van der Waals surface area (Å²) in [6, 6.07) is 13.8. The van der Waals surface area contributed by atoms with Gasteiger partial charge < -0.3 is 34.4 Å². The summed E-state index contributed by atoms with van der Waals surface area (Å²) in [5.41, 5.74) is 2.72.